The lowest BCUT2D eigenvalue weighted by atomic mass is 10.1. The molecular formula is C18H29NO7S2. The quantitative estimate of drug-likeness (QED) is 0.512. The Morgan fingerprint density at radius 2 is 1.68 bits per heavy atom. The van der Waals surface area contributed by atoms with Crippen LogP contribution in [0.4, 0.5) is 0 Å². The molecule has 28 heavy (non-hydrogen) atoms. The van der Waals surface area contributed by atoms with E-state index in [1.165, 1.54) is 18.2 Å². The third-order valence-electron chi connectivity index (χ3n) is 2.99. The monoisotopic (exact) mass is 435 g/mol. The molecule has 0 radical (unpaired) electrons. The van der Waals surface area contributed by atoms with E-state index < -0.39 is 31.6 Å². The number of carbonyl (C=O) groups excluding carboxylic acids is 1. The highest BCUT2D eigenvalue weighted by atomic mass is 32.2. The van der Waals surface area contributed by atoms with Gasteiger partial charge in [0, 0.05) is 24.1 Å². The van der Waals surface area contributed by atoms with E-state index in [9.17, 15) is 21.6 Å². The number of rotatable bonds is 6. The Bertz CT molecular complexity index is 866. The zero-order chi connectivity index (χ0) is 22.2. The fourth-order valence-corrected chi connectivity index (χ4v) is 2.69. The molecule has 0 fully saturated rings. The summed E-state index contributed by atoms with van der Waals surface area (Å²) in [6, 6.07) is 5.53. The molecule has 0 aliphatic heterocycles. The van der Waals surface area contributed by atoms with E-state index >= 15 is 0 Å². The van der Waals surface area contributed by atoms with Crippen molar-refractivity contribution in [2.75, 3.05) is 6.26 Å². The van der Waals surface area contributed by atoms with Gasteiger partial charge in [-0.2, -0.15) is 8.42 Å². The van der Waals surface area contributed by atoms with E-state index in [1.54, 1.807) is 32.9 Å². The Morgan fingerprint density at radius 3 is 2.07 bits per heavy atom. The smallest absolute Gasteiger partial charge is 0.306 e. The summed E-state index contributed by atoms with van der Waals surface area (Å²) < 4.78 is 56.3. The minimum Gasteiger partial charge on any atom is -0.460 e. The molecule has 0 spiro atoms. The molecule has 0 saturated carbocycles. The van der Waals surface area contributed by atoms with E-state index in [0.29, 0.717) is 6.42 Å². The maximum atomic E-state index is 11.3. The van der Waals surface area contributed by atoms with Crippen molar-refractivity contribution in [2.45, 2.75) is 57.1 Å². The Hall–Kier alpha value is -1.75. The van der Waals surface area contributed by atoms with Crippen LogP contribution in [0.2, 0.25) is 0 Å². The Morgan fingerprint density at radius 1 is 1.18 bits per heavy atom. The van der Waals surface area contributed by atoms with Gasteiger partial charge in [0.25, 0.3) is 10.1 Å². The lowest BCUT2D eigenvalue weighted by Crippen LogP contribution is -2.25. The van der Waals surface area contributed by atoms with Crippen molar-refractivity contribution in [1.29, 1.82) is 0 Å². The average Bonchev–Trinajstić information content (AvgIpc) is 2.49. The third-order valence-corrected chi connectivity index (χ3v) is 4.51. The van der Waals surface area contributed by atoms with Crippen LogP contribution < -0.4 is 5.73 Å². The summed E-state index contributed by atoms with van der Waals surface area (Å²) in [6.45, 7) is 7.20. The summed E-state index contributed by atoms with van der Waals surface area (Å²) in [7, 11) is -7.18. The van der Waals surface area contributed by atoms with E-state index in [-0.39, 0.29) is 17.3 Å². The summed E-state index contributed by atoms with van der Waals surface area (Å²) in [5.74, 6) is -0.333. The Balaban J connectivity index is 0.000000567. The summed E-state index contributed by atoms with van der Waals surface area (Å²) >= 11 is 0. The predicted molar refractivity (Wildman–Crippen MR) is 108 cm³/mol. The molecule has 3 N–H and O–H groups in total. The second kappa shape index (κ2) is 10.7. The molecule has 10 heteroatoms. The highest BCUT2D eigenvalue weighted by molar-refractivity contribution is 7.93. The fourth-order valence-electron chi connectivity index (χ4n) is 1.73. The molecule has 1 rings (SSSR count). The number of aryl methyl sites for hydroxylation is 1. The van der Waals surface area contributed by atoms with Crippen LogP contribution in [-0.4, -0.2) is 45.3 Å². The predicted octanol–water partition coefficient (Wildman–Crippen LogP) is 2.24. The Labute approximate surface area is 167 Å². The fraction of sp³-hybridized carbons (Fsp3) is 0.500. The molecule has 0 aliphatic carbocycles. The maximum Gasteiger partial charge on any atom is 0.306 e. The molecule has 0 heterocycles. The molecule has 0 bridgehead atoms. The second-order valence-corrected chi connectivity index (χ2v) is 10.6. The van der Waals surface area contributed by atoms with E-state index in [4.69, 9.17) is 15.0 Å². The summed E-state index contributed by atoms with van der Waals surface area (Å²) in [4.78, 5) is 11.3. The molecule has 1 aromatic carbocycles. The number of nitrogens with two attached hydrogens (primary N) is 1. The number of esters is 1. The highest BCUT2D eigenvalue weighted by Crippen LogP contribution is 2.10. The number of sulfone groups is 1. The Kier molecular flexibility index (Phi) is 10.0. The largest absolute Gasteiger partial charge is 0.460 e. The van der Waals surface area contributed by atoms with Gasteiger partial charge in [0.1, 0.15) is 5.60 Å². The molecule has 160 valence electrons. The first kappa shape index (κ1) is 26.2. The second-order valence-electron chi connectivity index (χ2n) is 7.24. The van der Waals surface area contributed by atoms with Gasteiger partial charge in [-0.05, 0) is 46.2 Å². The van der Waals surface area contributed by atoms with Crippen LogP contribution in [0.1, 0.15) is 39.2 Å². The summed E-state index contributed by atoms with van der Waals surface area (Å²) in [5.41, 5.74) is 6.08. The van der Waals surface area contributed by atoms with Crippen LogP contribution in [0.5, 0.6) is 0 Å². The molecular weight excluding hydrogens is 406 g/mol. The molecule has 0 amide bonds. The number of ether oxygens (including phenoxy) is 1. The van der Waals surface area contributed by atoms with Crippen LogP contribution in [0.3, 0.4) is 0 Å². The van der Waals surface area contributed by atoms with Gasteiger partial charge in [0.15, 0.2) is 9.84 Å². The summed E-state index contributed by atoms with van der Waals surface area (Å²) in [5, 5.41) is 1.05. The van der Waals surface area contributed by atoms with Crippen LogP contribution in [-0.2, 0) is 29.5 Å². The van der Waals surface area contributed by atoms with E-state index in [0.717, 1.165) is 17.2 Å². The molecule has 0 unspecified atom stereocenters. The normalized spacial score (nSPS) is 13.5. The third kappa shape index (κ3) is 14.3. The SMILES string of the molecule is CC(C)(C)OC(=O)CC[C@H](N)/C=C/S(C)(=O)=O.Cc1ccc(S(=O)(=O)O)cc1. The van der Waals surface area contributed by atoms with Gasteiger partial charge in [-0.3, -0.25) is 9.35 Å². The lowest BCUT2D eigenvalue weighted by molar-refractivity contribution is -0.154. The van der Waals surface area contributed by atoms with Crippen molar-refractivity contribution < 1.29 is 30.9 Å². The van der Waals surface area contributed by atoms with E-state index in [2.05, 4.69) is 0 Å². The van der Waals surface area contributed by atoms with Gasteiger partial charge in [-0.15, -0.1) is 0 Å². The number of hydrogen-bond donors (Lipinski definition) is 2. The highest BCUT2D eigenvalue weighted by Gasteiger charge is 2.16. The zero-order valence-electron chi connectivity index (χ0n) is 16.7. The molecule has 0 aromatic heterocycles. The zero-order valence-corrected chi connectivity index (χ0v) is 18.4. The van der Waals surface area contributed by atoms with Gasteiger partial charge >= 0.3 is 5.97 Å². The maximum absolute atomic E-state index is 11.3. The number of carbonyl (C=O) groups is 1. The van der Waals surface area contributed by atoms with Crippen LogP contribution in [0, 0.1) is 6.92 Å². The first-order chi connectivity index (χ1) is 12.5. The van der Waals surface area contributed by atoms with Gasteiger partial charge in [0.2, 0.25) is 0 Å². The van der Waals surface area contributed by atoms with Crippen molar-refractivity contribution in [1.82, 2.24) is 0 Å². The molecule has 0 aliphatic rings. The lowest BCUT2D eigenvalue weighted by Gasteiger charge is -2.19. The molecule has 1 aromatic rings. The minimum absolute atomic E-state index is 0.0666. The first-order valence-electron chi connectivity index (χ1n) is 8.39. The van der Waals surface area contributed by atoms with Crippen LogP contribution in [0.15, 0.2) is 40.6 Å². The van der Waals surface area contributed by atoms with E-state index in [1.807, 2.05) is 6.92 Å². The van der Waals surface area contributed by atoms with Crippen molar-refractivity contribution in [3.63, 3.8) is 0 Å². The van der Waals surface area contributed by atoms with Crippen molar-refractivity contribution in [2.24, 2.45) is 5.73 Å². The van der Waals surface area contributed by atoms with Gasteiger partial charge < -0.3 is 10.5 Å². The molecule has 0 saturated heterocycles. The standard InChI is InChI=1S/C11H21NO4S.C7H8O3S/c1-11(2,3)16-10(13)6-5-9(12)7-8-17(4,14)15;1-6-2-4-7(5-3-6)11(8,9)10/h7-9H,5-6,12H2,1-4H3;2-5H,1H3,(H,8,9,10)/b8-7+;/t9-;/m0./s1. The van der Waals surface area contributed by atoms with Crippen LogP contribution in [0.25, 0.3) is 0 Å². The van der Waals surface area contributed by atoms with Crippen molar-refractivity contribution in [3.8, 4) is 0 Å². The topological polar surface area (TPSA) is 141 Å². The average molecular weight is 436 g/mol. The first-order valence-corrected chi connectivity index (χ1v) is 11.8. The van der Waals surface area contributed by atoms with Gasteiger partial charge in [-0.25, -0.2) is 8.42 Å². The molecule has 8 nitrogen and oxygen atoms in total. The van der Waals surface area contributed by atoms with Crippen LogP contribution >= 0.6 is 0 Å². The van der Waals surface area contributed by atoms with Gasteiger partial charge in [-0.1, -0.05) is 23.8 Å². The summed E-state index contributed by atoms with van der Waals surface area (Å²) in [6.07, 6.45) is 3.00. The number of benzene rings is 1. The van der Waals surface area contributed by atoms with Gasteiger partial charge in [0.05, 0.1) is 4.90 Å². The van der Waals surface area contributed by atoms with Crippen molar-refractivity contribution in [3.05, 3.63) is 41.3 Å². The molecule has 1 atom stereocenters. The number of hydrogen-bond acceptors (Lipinski definition) is 7. The van der Waals surface area contributed by atoms with Crippen molar-refractivity contribution >= 4 is 25.9 Å². The minimum atomic E-state index is -4.02.